The zero-order valence-corrected chi connectivity index (χ0v) is 16.7. The van der Waals surface area contributed by atoms with Crippen LogP contribution in [0.15, 0.2) is 24.3 Å². The SMILES string of the molecule is C[C@H](NC(=O)[C@@H]1N2C(=O)c3ccccc3[C@H]2SC1(C)C)C(=O)N[C@@H](C)CO. The zero-order chi connectivity index (χ0) is 19.9. The van der Waals surface area contributed by atoms with E-state index in [0.29, 0.717) is 5.56 Å². The number of fused-ring (bicyclic) bond motifs is 3. The van der Waals surface area contributed by atoms with Gasteiger partial charge in [0.15, 0.2) is 0 Å². The first-order chi connectivity index (χ1) is 12.7. The molecule has 0 aliphatic carbocycles. The highest BCUT2D eigenvalue weighted by atomic mass is 32.2. The van der Waals surface area contributed by atoms with Gasteiger partial charge in [-0.25, -0.2) is 0 Å². The Kier molecular flexibility index (Phi) is 5.22. The highest BCUT2D eigenvalue weighted by Gasteiger charge is 2.57. The first-order valence-electron chi connectivity index (χ1n) is 8.98. The number of nitrogens with zero attached hydrogens (tertiary/aromatic N) is 1. The topological polar surface area (TPSA) is 98.7 Å². The molecule has 27 heavy (non-hydrogen) atoms. The standard InChI is InChI=1S/C19H25N3O4S/c1-10(9-23)20-15(24)11(2)21-16(25)14-19(3,4)27-18-13-8-6-5-7-12(13)17(26)22(14)18/h5-8,10-11,14,18,23H,9H2,1-4H3,(H,20,24)(H,21,25)/t10-,11-,14-,18+/m0/s1. The van der Waals surface area contributed by atoms with Crippen molar-refractivity contribution in [2.45, 2.75) is 55.9 Å². The molecule has 8 heteroatoms. The van der Waals surface area contributed by atoms with Gasteiger partial charge < -0.3 is 20.6 Å². The third-order valence-electron chi connectivity index (χ3n) is 4.96. The zero-order valence-electron chi connectivity index (χ0n) is 15.9. The molecule has 2 aliphatic rings. The molecule has 2 heterocycles. The molecule has 1 saturated heterocycles. The summed E-state index contributed by atoms with van der Waals surface area (Å²) in [5.74, 6) is -0.878. The van der Waals surface area contributed by atoms with Crippen LogP contribution in [-0.4, -0.2) is 57.2 Å². The summed E-state index contributed by atoms with van der Waals surface area (Å²) in [6, 6.07) is 5.57. The predicted molar refractivity (Wildman–Crippen MR) is 103 cm³/mol. The van der Waals surface area contributed by atoms with E-state index in [1.54, 1.807) is 36.6 Å². The summed E-state index contributed by atoms with van der Waals surface area (Å²) in [6.45, 7) is 6.96. The van der Waals surface area contributed by atoms with E-state index in [-0.39, 0.29) is 29.7 Å². The second-order valence-corrected chi connectivity index (χ2v) is 9.33. The average Bonchev–Trinajstić information content (AvgIpc) is 3.04. The summed E-state index contributed by atoms with van der Waals surface area (Å²) in [4.78, 5) is 39.7. The maximum absolute atomic E-state index is 13.0. The van der Waals surface area contributed by atoms with Crippen molar-refractivity contribution in [2.75, 3.05) is 6.61 Å². The van der Waals surface area contributed by atoms with E-state index < -0.39 is 22.9 Å². The number of rotatable bonds is 5. The molecule has 3 rings (SSSR count). The fourth-order valence-corrected chi connectivity index (χ4v) is 5.16. The quantitative estimate of drug-likeness (QED) is 0.697. The first kappa shape index (κ1) is 19.7. The van der Waals surface area contributed by atoms with Crippen LogP contribution in [0.2, 0.25) is 0 Å². The van der Waals surface area contributed by atoms with Gasteiger partial charge in [-0.05, 0) is 39.3 Å². The van der Waals surface area contributed by atoms with E-state index >= 15 is 0 Å². The van der Waals surface area contributed by atoms with Crippen LogP contribution < -0.4 is 10.6 Å². The maximum Gasteiger partial charge on any atom is 0.256 e. The van der Waals surface area contributed by atoms with Crippen LogP contribution >= 0.6 is 11.8 Å². The molecule has 0 unspecified atom stereocenters. The molecule has 1 fully saturated rings. The molecule has 0 radical (unpaired) electrons. The van der Waals surface area contributed by atoms with Crippen LogP contribution in [0.25, 0.3) is 0 Å². The van der Waals surface area contributed by atoms with Gasteiger partial charge in [0.2, 0.25) is 11.8 Å². The minimum Gasteiger partial charge on any atom is -0.394 e. The largest absolute Gasteiger partial charge is 0.394 e. The highest BCUT2D eigenvalue weighted by molar-refractivity contribution is 8.01. The molecule has 2 aliphatic heterocycles. The number of nitrogens with one attached hydrogen (secondary N) is 2. The lowest BCUT2D eigenvalue weighted by Gasteiger charge is -2.30. The molecule has 0 spiro atoms. The number of carbonyl (C=O) groups is 3. The first-order valence-corrected chi connectivity index (χ1v) is 9.86. The summed E-state index contributed by atoms with van der Waals surface area (Å²) in [5.41, 5.74) is 1.56. The van der Waals surface area contributed by atoms with E-state index in [9.17, 15) is 14.4 Å². The van der Waals surface area contributed by atoms with Gasteiger partial charge in [-0.3, -0.25) is 14.4 Å². The van der Waals surface area contributed by atoms with Crippen LogP contribution in [-0.2, 0) is 9.59 Å². The van der Waals surface area contributed by atoms with Crippen molar-refractivity contribution >= 4 is 29.5 Å². The molecule has 0 saturated carbocycles. The average molecular weight is 391 g/mol. The van der Waals surface area contributed by atoms with Crippen molar-refractivity contribution in [2.24, 2.45) is 0 Å². The number of hydrogen-bond donors (Lipinski definition) is 3. The Bertz CT molecular complexity index is 782. The fraction of sp³-hybridized carbons (Fsp3) is 0.526. The minimum absolute atomic E-state index is 0.153. The number of amides is 3. The van der Waals surface area contributed by atoms with E-state index in [4.69, 9.17) is 5.11 Å². The van der Waals surface area contributed by atoms with Crippen LogP contribution in [0.5, 0.6) is 0 Å². The lowest BCUT2D eigenvalue weighted by Crippen LogP contribution is -2.57. The fourth-order valence-electron chi connectivity index (χ4n) is 3.58. The van der Waals surface area contributed by atoms with Gasteiger partial charge in [-0.15, -0.1) is 11.8 Å². The molecular formula is C19H25N3O4S. The molecule has 0 bridgehead atoms. The van der Waals surface area contributed by atoms with Crippen molar-refractivity contribution in [3.63, 3.8) is 0 Å². The van der Waals surface area contributed by atoms with Gasteiger partial charge in [0, 0.05) is 16.4 Å². The molecule has 3 N–H and O–H groups in total. The lowest BCUT2D eigenvalue weighted by molar-refractivity contribution is -0.131. The molecule has 7 nitrogen and oxygen atoms in total. The van der Waals surface area contributed by atoms with Gasteiger partial charge >= 0.3 is 0 Å². The second kappa shape index (κ2) is 7.16. The van der Waals surface area contributed by atoms with Crippen molar-refractivity contribution in [3.8, 4) is 0 Å². The van der Waals surface area contributed by atoms with Gasteiger partial charge in [-0.1, -0.05) is 18.2 Å². The number of benzene rings is 1. The van der Waals surface area contributed by atoms with E-state index in [2.05, 4.69) is 10.6 Å². The van der Waals surface area contributed by atoms with Crippen molar-refractivity contribution in [1.82, 2.24) is 15.5 Å². The molecule has 3 amide bonds. The normalized spacial score (nSPS) is 24.8. The van der Waals surface area contributed by atoms with Crippen LogP contribution in [0, 0.1) is 0 Å². The van der Waals surface area contributed by atoms with Crippen LogP contribution in [0.4, 0.5) is 0 Å². The summed E-state index contributed by atoms with van der Waals surface area (Å²) in [7, 11) is 0. The van der Waals surface area contributed by atoms with Gasteiger partial charge in [0.1, 0.15) is 17.5 Å². The molecule has 4 atom stereocenters. The van der Waals surface area contributed by atoms with Crippen LogP contribution in [0.3, 0.4) is 0 Å². The van der Waals surface area contributed by atoms with Crippen molar-refractivity contribution in [3.05, 3.63) is 35.4 Å². The van der Waals surface area contributed by atoms with Gasteiger partial charge in [0.05, 0.1) is 6.61 Å². The van der Waals surface area contributed by atoms with E-state index in [0.717, 1.165) is 5.56 Å². The number of hydrogen-bond acceptors (Lipinski definition) is 5. The Labute approximate surface area is 162 Å². The molecule has 0 aromatic heterocycles. The second-order valence-electron chi connectivity index (χ2n) is 7.60. The third kappa shape index (κ3) is 3.43. The van der Waals surface area contributed by atoms with Crippen molar-refractivity contribution in [1.29, 1.82) is 0 Å². The Morgan fingerprint density at radius 2 is 1.93 bits per heavy atom. The lowest BCUT2D eigenvalue weighted by atomic mass is 10.0. The highest BCUT2D eigenvalue weighted by Crippen LogP contribution is 2.56. The van der Waals surface area contributed by atoms with E-state index in [1.165, 1.54) is 0 Å². The van der Waals surface area contributed by atoms with Crippen LogP contribution in [0.1, 0.15) is 49.0 Å². The Hall–Kier alpha value is -2.06. The van der Waals surface area contributed by atoms with Crippen molar-refractivity contribution < 1.29 is 19.5 Å². The predicted octanol–water partition coefficient (Wildman–Crippen LogP) is 1.04. The minimum atomic E-state index is -0.772. The molecular weight excluding hydrogens is 366 g/mol. The smallest absolute Gasteiger partial charge is 0.256 e. The van der Waals surface area contributed by atoms with E-state index in [1.807, 2.05) is 32.0 Å². The summed E-state index contributed by atoms with van der Waals surface area (Å²) >= 11 is 1.58. The number of carbonyl (C=O) groups excluding carboxylic acids is 3. The van der Waals surface area contributed by atoms with Gasteiger partial charge in [-0.2, -0.15) is 0 Å². The number of aliphatic hydroxyl groups excluding tert-OH is 1. The summed E-state index contributed by atoms with van der Waals surface area (Å²) in [6.07, 6.45) is 0. The Balaban J connectivity index is 1.79. The third-order valence-corrected chi connectivity index (χ3v) is 6.49. The number of aliphatic hydroxyl groups is 1. The Morgan fingerprint density at radius 1 is 1.26 bits per heavy atom. The summed E-state index contributed by atoms with van der Waals surface area (Å²) in [5, 5.41) is 14.2. The molecule has 1 aromatic carbocycles. The summed E-state index contributed by atoms with van der Waals surface area (Å²) < 4.78 is -0.494. The Morgan fingerprint density at radius 3 is 2.59 bits per heavy atom. The maximum atomic E-state index is 13.0. The monoisotopic (exact) mass is 391 g/mol. The molecule has 1 aromatic rings. The number of thioether (sulfide) groups is 1. The van der Waals surface area contributed by atoms with Gasteiger partial charge in [0.25, 0.3) is 5.91 Å². The molecule has 146 valence electrons.